The number of halogens is 4. The van der Waals surface area contributed by atoms with Crippen molar-refractivity contribution < 1.29 is 22.6 Å². The molecule has 0 heterocycles. The fourth-order valence-corrected chi connectivity index (χ4v) is 1.80. The number of alkyl halides is 3. The highest BCUT2D eigenvalue weighted by Gasteiger charge is 2.31. The Bertz CT molecular complexity index is 422. The average Bonchev–Trinajstić information content (AvgIpc) is 2.32. The summed E-state index contributed by atoms with van der Waals surface area (Å²) in [6, 6.07) is 2.73. The molecule has 0 aliphatic rings. The Balaban J connectivity index is 2.94. The molecule has 7 heteroatoms. The largest absolute Gasteiger partial charge is 0.416 e. The third-order valence-corrected chi connectivity index (χ3v) is 2.88. The van der Waals surface area contributed by atoms with Gasteiger partial charge in [-0.15, -0.1) is 0 Å². The van der Waals surface area contributed by atoms with Crippen molar-refractivity contribution in [2.75, 3.05) is 19.5 Å². The minimum atomic E-state index is -4.41. The van der Waals surface area contributed by atoms with E-state index in [0.717, 1.165) is 12.1 Å². The molecule has 0 spiro atoms. The molecular weight excluding hydrogens is 283 g/mol. The van der Waals surface area contributed by atoms with E-state index in [2.05, 4.69) is 5.32 Å². The average molecular weight is 298 g/mol. The van der Waals surface area contributed by atoms with Crippen LogP contribution in [0.3, 0.4) is 0 Å². The topological polar surface area (TPSA) is 30.5 Å². The molecule has 108 valence electrons. The molecular formula is C12H15ClF3NO2. The zero-order valence-electron chi connectivity index (χ0n) is 10.7. The Morgan fingerprint density at radius 2 is 1.79 bits per heavy atom. The van der Waals surface area contributed by atoms with E-state index in [9.17, 15) is 13.2 Å². The number of benzene rings is 1. The molecule has 1 rings (SSSR count). The maximum atomic E-state index is 12.6. The van der Waals surface area contributed by atoms with E-state index >= 15 is 0 Å². The lowest BCUT2D eigenvalue weighted by molar-refractivity contribution is -0.137. The number of hydrogen-bond donors (Lipinski definition) is 1. The highest BCUT2D eigenvalue weighted by Crippen LogP contribution is 2.34. The van der Waals surface area contributed by atoms with Gasteiger partial charge in [-0.05, 0) is 25.1 Å². The van der Waals surface area contributed by atoms with E-state index in [-0.39, 0.29) is 16.8 Å². The number of methoxy groups -OCH3 is 2. The van der Waals surface area contributed by atoms with Gasteiger partial charge in [0.2, 0.25) is 0 Å². The van der Waals surface area contributed by atoms with Crippen LogP contribution in [-0.4, -0.2) is 26.6 Å². The first-order valence-electron chi connectivity index (χ1n) is 5.48. The molecule has 0 saturated carbocycles. The molecule has 0 fully saturated rings. The standard InChI is InChI=1S/C12H15ClF3NO2/c1-7(11(18-2)19-3)17-10-6-8(12(14,15)16)4-5-9(10)13/h4-7,11,17H,1-3H3. The predicted molar refractivity (Wildman–Crippen MR) is 67.3 cm³/mol. The van der Waals surface area contributed by atoms with Crippen molar-refractivity contribution in [2.45, 2.75) is 25.4 Å². The predicted octanol–water partition coefficient (Wildman–Crippen LogP) is 3.78. The fraction of sp³-hybridized carbons (Fsp3) is 0.500. The number of rotatable bonds is 5. The first-order valence-corrected chi connectivity index (χ1v) is 5.86. The van der Waals surface area contributed by atoms with Crippen molar-refractivity contribution in [3.63, 3.8) is 0 Å². The zero-order chi connectivity index (χ0) is 14.6. The van der Waals surface area contributed by atoms with Gasteiger partial charge in [-0.3, -0.25) is 0 Å². The Labute approximate surface area is 114 Å². The maximum Gasteiger partial charge on any atom is 0.416 e. The summed E-state index contributed by atoms with van der Waals surface area (Å²) < 4.78 is 47.9. The van der Waals surface area contributed by atoms with Crippen LogP contribution in [0.5, 0.6) is 0 Å². The van der Waals surface area contributed by atoms with Crippen molar-refractivity contribution in [3.05, 3.63) is 28.8 Å². The first-order chi connectivity index (χ1) is 8.79. The Kier molecular flexibility index (Phi) is 5.46. The van der Waals surface area contributed by atoms with E-state index < -0.39 is 18.0 Å². The third-order valence-electron chi connectivity index (χ3n) is 2.55. The van der Waals surface area contributed by atoms with Crippen molar-refractivity contribution in [3.8, 4) is 0 Å². The summed E-state index contributed by atoms with van der Waals surface area (Å²) >= 11 is 5.87. The molecule has 3 nitrogen and oxygen atoms in total. The van der Waals surface area contributed by atoms with E-state index in [1.54, 1.807) is 6.92 Å². The summed E-state index contributed by atoms with van der Waals surface area (Å²) in [7, 11) is 2.89. The molecule has 19 heavy (non-hydrogen) atoms. The lowest BCUT2D eigenvalue weighted by Crippen LogP contribution is -2.33. The second-order valence-electron chi connectivity index (χ2n) is 3.97. The van der Waals surface area contributed by atoms with Gasteiger partial charge in [0.1, 0.15) is 0 Å². The van der Waals surface area contributed by atoms with Crippen molar-refractivity contribution in [2.24, 2.45) is 0 Å². The number of ether oxygens (including phenoxy) is 2. The molecule has 0 aliphatic heterocycles. The highest BCUT2D eigenvalue weighted by molar-refractivity contribution is 6.33. The molecule has 0 aliphatic carbocycles. The maximum absolute atomic E-state index is 12.6. The van der Waals surface area contributed by atoms with E-state index in [1.807, 2.05) is 0 Å². The van der Waals surface area contributed by atoms with Gasteiger partial charge in [0.05, 0.1) is 22.3 Å². The molecule has 0 bridgehead atoms. The van der Waals surface area contributed by atoms with Gasteiger partial charge in [0.15, 0.2) is 6.29 Å². The van der Waals surface area contributed by atoms with Gasteiger partial charge < -0.3 is 14.8 Å². The van der Waals surface area contributed by atoms with Crippen LogP contribution in [0.25, 0.3) is 0 Å². The van der Waals surface area contributed by atoms with Crippen LogP contribution in [-0.2, 0) is 15.7 Å². The summed E-state index contributed by atoms with van der Waals surface area (Å²) in [6.45, 7) is 1.72. The van der Waals surface area contributed by atoms with Gasteiger partial charge in [0.25, 0.3) is 0 Å². The van der Waals surface area contributed by atoms with Crippen molar-refractivity contribution in [1.82, 2.24) is 0 Å². The van der Waals surface area contributed by atoms with Gasteiger partial charge in [-0.1, -0.05) is 11.6 Å². The van der Waals surface area contributed by atoms with E-state index in [1.165, 1.54) is 20.3 Å². The van der Waals surface area contributed by atoms with E-state index in [4.69, 9.17) is 21.1 Å². The van der Waals surface area contributed by atoms with Crippen LogP contribution in [0.2, 0.25) is 5.02 Å². The quantitative estimate of drug-likeness (QED) is 0.839. The second kappa shape index (κ2) is 6.45. The molecule has 0 amide bonds. The normalized spacial score (nSPS) is 13.7. The zero-order valence-corrected chi connectivity index (χ0v) is 11.5. The molecule has 1 unspecified atom stereocenters. The fourth-order valence-electron chi connectivity index (χ4n) is 1.63. The summed E-state index contributed by atoms with van der Waals surface area (Å²) in [6.07, 6.45) is -5.00. The van der Waals surface area contributed by atoms with Crippen LogP contribution in [0, 0.1) is 0 Å². The Morgan fingerprint density at radius 3 is 2.26 bits per heavy atom. The van der Waals surface area contributed by atoms with Crippen LogP contribution >= 0.6 is 11.6 Å². The first kappa shape index (κ1) is 16.1. The third kappa shape index (κ3) is 4.26. The minimum absolute atomic E-state index is 0.183. The van der Waals surface area contributed by atoms with Crippen molar-refractivity contribution in [1.29, 1.82) is 0 Å². The van der Waals surface area contributed by atoms with Gasteiger partial charge in [0, 0.05) is 14.2 Å². The highest BCUT2D eigenvalue weighted by atomic mass is 35.5. The summed E-state index contributed by atoms with van der Waals surface area (Å²) in [4.78, 5) is 0. The Hall–Kier alpha value is -0.980. The van der Waals surface area contributed by atoms with Gasteiger partial charge >= 0.3 is 6.18 Å². The number of hydrogen-bond acceptors (Lipinski definition) is 3. The number of anilines is 1. The molecule has 1 aromatic carbocycles. The summed E-state index contributed by atoms with van der Waals surface area (Å²) in [5.74, 6) is 0. The molecule has 0 aromatic heterocycles. The minimum Gasteiger partial charge on any atom is -0.376 e. The van der Waals surface area contributed by atoms with Gasteiger partial charge in [-0.2, -0.15) is 13.2 Å². The lowest BCUT2D eigenvalue weighted by atomic mass is 10.1. The molecule has 1 atom stereocenters. The van der Waals surface area contributed by atoms with E-state index in [0.29, 0.717) is 0 Å². The molecule has 1 aromatic rings. The van der Waals surface area contributed by atoms with Crippen molar-refractivity contribution >= 4 is 17.3 Å². The molecule has 0 radical (unpaired) electrons. The number of nitrogens with one attached hydrogen (secondary N) is 1. The van der Waals surface area contributed by atoms with Gasteiger partial charge in [-0.25, -0.2) is 0 Å². The summed E-state index contributed by atoms with van der Waals surface area (Å²) in [5, 5.41) is 3.04. The molecule has 0 saturated heterocycles. The SMILES string of the molecule is COC(OC)C(C)Nc1cc(C(F)(F)F)ccc1Cl. The monoisotopic (exact) mass is 297 g/mol. The van der Waals surface area contributed by atoms with Crippen LogP contribution < -0.4 is 5.32 Å². The summed E-state index contributed by atoms with van der Waals surface area (Å²) in [5.41, 5.74) is -0.582. The smallest absolute Gasteiger partial charge is 0.376 e. The Morgan fingerprint density at radius 1 is 1.21 bits per heavy atom. The second-order valence-corrected chi connectivity index (χ2v) is 4.37. The van der Waals surface area contributed by atoms with Crippen LogP contribution in [0.15, 0.2) is 18.2 Å². The molecule has 1 N–H and O–H groups in total. The lowest BCUT2D eigenvalue weighted by Gasteiger charge is -2.24. The van der Waals surface area contributed by atoms with Crippen LogP contribution in [0.1, 0.15) is 12.5 Å². The van der Waals surface area contributed by atoms with Crippen LogP contribution in [0.4, 0.5) is 18.9 Å².